The van der Waals surface area contributed by atoms with E-state index in [2.05, 4.69) is 4.98 Å². The van der Waals surface area contributed by atoms with Gasteiger partial charge in [-0.3, -0.25) is 9.59 Å². The number of hydrogen-bond acceptors (Lipinski definition) is 4. The SMILES string of the molecule is CC(=O)c1c[nH]c(C(=O)N(C)C(C)c2ccc(S(C)(=O)=O)cc2)c1. The first-order valence-corrected chi connectivity index (χ1v) is 9.27. The average Bonchev–Trinajstić information content (AvgIpc) is 3.02. The van der Waals surface area contributed by atoms with Crippen LogP contribution in [0.15, 0.2) is 41.4 Å². The van der Waals surface area contributed by atoms with E-state index in [1.165, 1.54) is 36.2 Å². The molecule has 6 nitrogen and oxygen atoms in total. The van der Waals surface area contributed by atoms with Crippen molar-refractivity contribution in [2.24, 2.45) is 0 Å². The van der Waals surface area contributed by atoms with Crippen molar-refractivity contribution in [3.8, 4) is 0 Å². The monoisotopic (exact) mass is 348 g/mol. The molecule has 2 rings (SSSR count). The van der Waals surface area contributed by atoms with Crippen LogP contribution in [0.2, 0.25) is 0 Å². The molecule has 0 spiro atoms. The van der Waals surface area contributed by atoms with Gasteiger partial charge in [-0.2, -0.15) is 0 Å². The van der Waals surface area contributed by atoms with E-state index in [9.17, 15) is 18.0 Å². The molecule has 0 aliphatic heterocycles. The van der Waals surface area contributed by atoms with E-state index in [-0.39, 0.29) is 22.6 Å². The van der Waals surface area contributed by atoms with E-state index in [0.29, 0.717) is 11.3 Å². The fraction of sp³-hybridized carbons (Fsp3) is 0.294. The minimum absolute atomic E-state index is 0.114. The van der Waals surface area contributed by atoms with Gasteiger partial charge >= 0.3 is 0 Å². The molecule has 128 valence electrons. The number of carbonyl (C=O) groups excluding carboxylic acids is 2. The molecule has 0 saturated carbocycles. The molecule has 1 atom stereocenters. The lowest BCUT2D eigenvalue weighted by Gasteiger charge is -2.25. The molecule has 1 heterocycles. The predicted molar refractivity (Wildman–Crippen MR) is 90.9 cm³/mol. The maximum Gasteiger partial charge on any atom is 0.270 e. The Balaban J connectivity index is 2.20. The van der Waals surface area contributed by atoms with Gasteiger partial charge in [-0.05, 0) is 37.6 Å². The van der Waals surface area contributed by atoms with Crippen molar-refractivity contribution in [2.45, 2.75) is 24.8 Å². The van der Waals surface area contributed by atoms with Crippen molar-refractivity contribution in [1.82, 2.24) is 9.88 Å². The largest absolute Gasteiger partial charge is 0.356 e. The Labute approximate surface area is 141 Å². The highest BCUT2D eigenvalue weighted by Crippen LogP contribution is 2.22. The fourth-order valence-electron chi connectivity index (χ4n) is 2.30. The van der Waals surface area contributed by atoms with Gasteiger partial charge in [0, 0.05) is 25.1 Å². The van der Waals surface area contributed by atoms with Crippen LogP contribution >= 0.6 is 0 Å². The second kappa shape index (κ2) is 6.60. The number of sulfone groups is 1. The average molecular weight is 348 g/mol. The molecule has 0 fully saturated rings. The van der Waals surface area contributed by atoms with Gasteiger partial charge in [0.1, 0.15) is 5.69 Å². The van der Waals surface area contributed by atoms with Gasteiger partial charge in [-0.1, -0.05) is 12.1 Å². The van der Waals surface area contributed by atoms with Crippen LogP contribution in [0.5, 0.6) is 0 Å². The van der Waals surface area contributed by atoms with Crippen molar-refractivity contribution < 1.29 is 18.0 Å². The normalized spacial score (nSPS) is 12.7. The van der Waals surface area contributed by atoms with Gasteiger partial charge in [0.15, 0.2) is 15.6 Å². The molecule has 0 bridgehead atoms. The number of amides is 1. The summed E-state index contributed by atoms with van der Waals surface area (Å²) in [6, 6.07) is 7.72. The first-order valence-electron chi connectivity index (χ1n) is 7.38. The standard InChI is InChI=1S/C17H20N2O4S/c1-11(13-5-7-15(8-6-13)24(4,22)23)19(3)17(21)16-9-14(10-18-16)12(2)20/h5-11,18H,1-4H3. The molecule has 0 radical (unpaired) electrons. The summed E-state index contributed by atoms with van der Waals surface area (Å²) in [5, 5.41) is 0. The molecule has 24 heavy (non-hydrogen) atoms. The van der Waals surface area contributed by atoms with Crippen LogP contribution in [-0.4, -0.2) is 43.3 Å². The van der Waals surface area contributed by atoms with Crippen molar-refractivity contribution in [1.29, 1.82) is 0 Å². The second-order valence-electron chi connectivity index (χ2n) is 5.79. The number of ketones is 1. The first kappa shape index (κ1) is 17.9. The third-order valence-electron chi connectivity index (χ3n) is 4.01. The van der Waals surface area contributed by atoms with Crippen LogP contribution in [0.1, 0.15) is 46.3 Å². The van der Waals surface area contributed by atoms with Crippen molar-refractivity contribution in [3.63, 3.8) is 0 Å². The van der Waals surface area contributed by atoms with Crippen LogP contribution < -0.4 is 0 Å². The topological polar surface area (TPSA) is 87.3 Å². The molecule has 1 N–H and O–H groups in total. The van der Waals surface area contributed by atoms with E-state index in [1.54, 1.807) is 19.2 Å². The van der Waals surface area contributed by atoms with Crippen LogP contribution in [-0.2, 0) is 9.84 Å². The summed E-state index contributed by atoms with van der Waals surface area (Å²) in [6.45, 7) is 3.29. The van der Waals surface area contributed by atoms with Crippen LogP contribution in [0.25, 0.3) is 0 Å². The lowest BCUT2D eigenvalue weighted by molar-refractivity contribution is 0.0737. The molecule has 0 aliphatic carbocycles. The summed E-state index contributed by atoms with van der Waals surface area (Å²) < 4.78 is 23.0. The molecule has 7 heteroatoms. The van der Waals surface area contributed by atoms with E-state index in [1.807, 2.05) is 6.92 Å². The molecule has 0 saturated heterocycles. The zero-order valence-corrected chi connectivity index (χ0v) is 14.8. The van der Waals surface area contributed by atoms with Gasteiger partial charge < -0.3 is 9.88 Å². The highest BCUT2D eigenvalue weighted by atomic mass is 32.2. The number of carbonyl (C=O) groups is 2. The highest BCUT2D eigenvalue weighted by molar-refractivity contribution is 7.90. The number of aromatic amines is 1. The zero-order chi connectivity index (χ0) is 18.1. The van der Waals surface area contributed by atoms with Crippen molar-refractivity contribution >= 4 is 21.5 Å². The van der Waals surface area contributed by atoms with Crippen LogP contribution in [0, 0.1) is 0 Å². The van der Waals surface area contributed by atoms with E-state index in [4.69, 9.17) is 0 Å². The summed E-state index contributed by atoms with van der Waals surface area (Å²) >= 11 is 0. The third kappa shape index (κ3) is 3.73. The zero-order valence-electron chi connectivity index (χ0n) is 14.0. The Morgan fingerprint density at radius 1 is 1.17 bits per heavy atom. The summed E-state index contributed by atoms with van der Waals surface area (Å²) in [5.74, 6) is -0.362. The van der Waals surface area contributed by atoms with Gasteiger partial charge in [0.05, 0.1) is 10.9 Å². The number of Topliss-reactive ketones (excluding diaryl/α,β-unsaturated/α-hetero) is 1. The minimum Gasteiger partial charge on any atom is -0.356 e. The fourth-order valence-corrected chi connectivity index (χ4v) is 2.93. The van der Waals surface area contributed by atoms with Crippen molar-refractivity contribution in [2.75, 3.05) is 13.3 Å². The summed E-state index contributed by atoms with van der Waals surface area (Å²) in [7, 11) is -1.59. The Morgan fingerprint density at radius 2 is 1.75 bits per heavy atom. The summed E-state index contributed by atoms with van der Waals surface area (Å²) in [4.78, 5) is 28.4. The molecule has 1 aromatic carbocycles. The number of nitrogens with zero attached hydrogens (tertiary/aromatic N) is 1. The quantitative estimate of drug-likeness (QED) is 0.841. The van der Waals surface area contributed by atoms with Crippen molar-refractivity contribution in [3.05, 3.63) is 53.3 Å². The minimum atomic E-state index is -3.25. The van der Waals surface area contributed by atoms with Gasteiger partial charge in [-0.15, -0.1) is 0 Å². The maximum absolute atomic E-state index is 12.5. The first-order chi connectivity index (χ1) is 11.1. The predicted octanol–water partition coefficient (Wildman–Crippen LogP) is 2.45. The highest BCUT2D eigenvalue weighted by Gasteiger charge is 2.21. The van der Waals surface area contributed by atoms with E-state index < -0.39 is 9.84 Å². The Morgan fingerprint density at radius 3 is 2.21 bits per heavy atom. The van der Waals surface area contributed by atoms with Gasteiger partial charge in [0.25, 0.3) is 5.91 Å². The number of rotatable bonds is 5. The summed E-state index contributed by atoms with van der Waals surface area (Å²) in [6.07, 6.45) is 2.66. The third-order valence-corrected chi connectivity index (χ3v) is 5.14. The number of benzene rings is 1. The van der Waals surface area contributed by atoms with Gasteiger partial charge in [0.2, 0.25) is 0 Å². The molecule has 1 amide bonds. The Bertz CT molecular complexity index is 866. The van der Waals surface area contributed by atoms with Crippen LogP contribution in [0.3, 0.4) is 0 Å². The number of nitrogens with one attached hydrogen (secondary N) is 1. The van der Waals surface area contributed by atoms with Gasteiger partial charge in [-0.25, -0.2) is 8.42 Å². The number of hydrogen-bond donors (Lipinski definition) is 1. The maximum atomic E-state index is 12.5. The summed E-state index contributed by atoms with van der Waals surface area (Å²) in [5.41, 5.74) is 1.61. The molecule has 0 aliphatic rings. The Kier molecular flexibility index (Phi) is 4.94. The number of H-pyrrole nitrogens is 1. The molecular formula is C17H20N2O4S. The molecule has 2 aromatic rings. The lowest BCUT2D eigenvalue weighted by Crippen LogP contribution is -2.29. The number of aromatic nitrogens is 1. The molecule has 1 unspecified atom stereocenters. The lowest BCUT2D eigenvalue weighted by atomic mass is 10.1. The Hall–Kier alpha value is -2.41. The molecule has 1 aromatic heterocycles. The van der Waals surface area contributed by atoms with E-state index >= 15 is 0 Å². The molecular weight excluding hydrogens is 328 g/mol. The second-order valence-corrected chi connectivity index (χ2v) is 7.81. The van der Waals surface area contributed by atoms with Crippen LogP contribution in [0.4, 0.5) is 0 Å². The van der Waals surface area contributed by atoms with E-state index in [0.717, 1.165) is 11.8 Å². The smallest absolute Gasteiger partial charge is 0.270 e.